The molecule has 0 aliphatic rings. The minimum absolute atomic E-state index is 0.961. The second-order valence-electron chi connectivity index (χ2n) is 2.98. The topological polar surface area (TPSA) is 12.4 Å². The van der Waals surface area contributed by atoms with Crippen molar-refractivity contribution < 1.29 is 0 Å². The number of isothiocyanates is 1. The van der Waals surface area contributed by atoms with Crippen LogP contribution >= 0.6 is 28.1 Å². The van der Waals surface area contributed by atoms with Crippen LogP contribution < -0.4 is 0 Å². The molecule has 1 nitrogen and oxygen atoms in total. The van der Waals surface area contributed by atoms with Crippen molar-refractivity contribution in [1.82, 2.24) is 0 Å². The van der Waals surface area contributed by atoms with Crippen molar-refractivity contribution >= 4 is 39.0 Å². The lowest BCUT2D eigenvalue weighted by Gasteiger charge is -2.08. The number of aliphatic imine (C=N–C) groups is 1. The Labute approximate surface area is 98.4 Å². The van der Waals surface area contributed by atoms with Crippen LogP contribution in [0.15, 0.2) is 21.6 Å². The zero-order chi connectivity index (χ0) is 10.6. The largest absolute Gasteiger partial charge is 0.194 e. The molecule has 0 unspecified atom stereocenters. The summed E-state index contributed by atoms with van der Waals surface area (Å²) in [6.45, 7) is 4.23. The highest BCUT2D eigenvalue weighted by Gasteiger charge is 2.06. The molecule has 1 aromatic rings. The van der Waals surface area contributed by atoms with Crippen LogP contribution in [-0.2, 0) is 12.8 Å². The molecule has 0 heterocycles. The highest BCUT2D eigenvalue weighted by Crippen LogP contribution is 2.29. The van der Waals surface area contributed by atoms with Crippen molar-refractivity contribution in [2.75, 3.05) is 0 Å². The first kappa shape index (κ1) is 11.6. The number of hydrogen-bond acceptors (Lipinski definition) is 2. The monoisotopic (exact) mass is 269 g/mol. The van der Waals surface area contributed by atoms with Crippen LogP contribution in [-0.4, -0.2) is 5.16 Å². The third kappa shape index (κ3) is 2.50. The standard InChI is InChI=1S/C11H12BrNS/c1-3-8-5-10(12)6-9(4-2)11(8)13-7-14/h5-6H,3-4H2,1-2H3. The van der Waals surface area contributed by atoms with Gasteiger partial charge in [0.25, 0.3) is 0 Å². The fourth-order valence-electron chi connectivity index (χ4n) is 1.45. The molecule has 0 aliphatic heterocycles. The zero-order valence-electron chi connectivity index (χ0n) is 8.30. The van der Waals surface area contributed by atoms with E-state index >= 15 is 0 Å². The molecule has 0 radical (unpaired) electrons. The minimum Gasteiger partial charge on any atom is -0.194 e. The van der Waals surface area contributed by atoms with Crippen LogP contribution in [0.1, 0.15) is 25.0 Å². The molecule has 0 bridgehead atoms. The Morgan fingerprint density at radius 3 is 2.14 bits per heavy atom. The summed E-state index contributed by atoms with van der Waals surface area (Å²) in [6, 6.07) is 4.18. The lowest BCUT2D eigenvalue weighted by molar-refractivity contribution is 1.08. The van der Waals surface area contributed by atoms with Gasteiger partial charge in [-0.1, -0.05) is 29.8 Å². The summed E-state index contributed by atoms with van der Waals surface area (Å²) in [4.78, 5) is 4.13. The summed E-state index contributed by atoms with van der Waals surface area (Å²) in [5, 5.41) is 2.45. The fourth-order valence-corrected chi connectivity index (χ4v) is 2.09. The average Bonchev–Trinajstić information content (AvgIpc) is 2.20. The van der Waals surface area contributed by atoms with E-state index in [1.54, 1.807) is 0 Å². The summed E-state index contributed by atoms with van der Waals surface area (Å²) >= 11 is 8.15. The summed E-state index contributed by atoms with van der Waals surface area (Å²) in [7, 11) is 0. The van der Waals surface area contributed by atoms with Crippen molar-refractivity contribution in [3.63, 3.8) is 0 Å². The van der Waals surface area contributed by atoms with Gasteiger partial charge in [-0.25, -0.2) is 0 Å². The second-order valence-corrected chi connectivity index (χ2v) is 4.08. The van der Waals surface area contributed by atoms with Crippen molar-refractivity contribution in [2.45, 2.75) is 26.7 Å². The summed E-state index contributed by atoms with van der Waals surface area (Å²) in [5.41, 5.74) is 3.43. The van der Waals surface area contributed by atoms with Gasteiger partial charge in [0.1, 0.15) is 0 Å². The molecular weight excluding hydrogens is 258 g/mol. The van der Waals surface area contributed by atoms with Crippen LogP contribution in [0.4, 0.5) is 5.69 Å². The fraction of sp³-hybridized carbons (Fsp3) is 0.364. The highest BCUT2D eigenvalue weighted by atomic mass is 79.9. The number of rotatable bonds is 3. The van der Waals surface area contributed by atoms with Crippen molar-refractivity contribution in [2.24, 2.45) is 4.99 Å². The van der Waals surface area contributed by atoms with Gasteiger partial charge in [0.2, 0.25) is 0 Å². The minimum atomic E-state index is 0.961. The third-order valence-corrected chi connectivity index (χ3v) is 2.70. The van der Waals surface area contributed by atoms with E-state index in [4.69, 9.17) is 0 Å². The molecule has 0 atom stereocenters. The van der Waals surface area contributed by atoms with E-state index in [0.29, 0.717) is 0 Å². The number of nitrogens with zero attached hydrogens (tertiary/aromatic N) is 1. The van der Waals surface area contributed by atoms with E-state index in [1.165, 1.54) is 11.1 Å². The number of thiocarbonyl (C=S) groups is 1. The van der Waals surface area contributed by atoms with E-state index in [-0.39, 0.29) is 0 Å². The van der Waals surface area contributed by atoms with Crippen LogP contribution in [0.25, 0.3) is 0 Å². The molecule has 1 aromatic carbocycles. The predicted octanol–water partition coefficient (Wildman–Crippen LogP) is 4.31. The van der Waals surface area contributed by atoms with Gasteiger partial charge in [-0.2, -0.15) is 4.99 Å². The highest BCUT2D eigenvalue weighted by molar-refractivity contribution is 9.10. The molecular formula is C11H12BrNS. The first-order valence-corrected chi connectivity index (χ1v) is 5.82. The van der Waals surface area contributed by atoms with Crippen molar-refractivity contribution in [3.8, 4) is 0 Å². The van der Waals surface area contributed by atoms with Gasteiger partial charge in [-0.05, 0) is 48.3 Å². The Balaban J connectivity index is 3.39. The summed E-state index contributed by atoms with van der Waals surface area (Å²) in [6.07, 6.45) is 1.92. The SMILES string of the molecule is CCc1cc(Br)cc(CC)c1N=C=S. The summed E-state index contributed by atoms with van der Waals surface area (Å²) in [5.74, 6) is 0. The van der Waals surface area contributed by atoms with Gasteiger partial charge in [0.05, 0.1) is 10.8 Å². The van der Waals surface area contributed by atoms with Crippen LogP contribution in [0.3, 0.4) is 0 Å². The molecule has 3 heteroatoms. The number of hydrogen-bond donors (Lipinski definition) is 0. The van der Waals surface area contributed by atoms with E-state index in [9.17, 15) is 0 Å². The first-order valence-electron chi connectivity index (χ1n) is 4.62. The molecule has 0 saturated heterocycles. The van der Waals surface area contributed by atoms with E-state index < -0.39 is 0 Å². The van der Waals surface area contributed by atoms with Gasteiger partial charge in [-0.3, -0.25) is 0 Å². The molecule has 74 valence electrons. The summed E-state index contributed by atoms with van der Waals surface area (Å²) < 4.78 is 1.11. The third-order valence-electron chi connectivity index (χ3n) is 2.15. The van der Waals surface area contributed by atoms with Gasteiger partial charge < -0.3 is 0 Å². The lowest BCUT2D eigenvalue weighted by atomic mass is 10.0. The molecule has 14 heavy (non-hydrogen) atoms. The molecule has 0 amide bonds. The molecule has 0 spiro atoms. The maximum atomic E-state index is 4.65. The number of aryl methyl sites for hydroxylation is 2. The predicted molar refractivity (Wildman–Crippen MR) is 67.6 cm³/mol. The van der Waals surface area contributed by atoms with E-state index in [2.05, 4.69) is 64.3 Å². The molecule has 0 aliphatic carbocycles. The molecule has 0 saturated carbocycles. The van der Waals surface area contributed by atoms with Crippen molar-refractivity contribution in [3.05, 3.63) is 27.7 Å². The number of halogens is 1. The van der Waals surface area contributed by atoms with Crippen molar-refractivity contribution in [1.29, 1.82) is 0 Å². The second kappa shape index (κ2) is 5.40. The molecule has 0 fully saturated rings. The Kier molecular flexibility index (Phi) is 4.46. The van der Waals surface area contributed by atoms with Crippen LogP contribution in [0.2, 0.25) is 0 Å². The Morgan fingerprint density at radius 1 is 1.29 bits per heavy atom. The average molecular weight is 270 g/mol. The maximum Gasteiger partial charge on any atom is 0.0804 e. The lowest BCUT2D eigenvalue weighted by Crippen LogP contribution is -1.89. The van der Waals surface area contributed by atoms with Gasteiger partial charge in [0.15, 0.2) is 0 Å². The molecule has 1 rings (SSSR count). The zero-order valence-corrected chi connectivity index (χ0v) is 10.7. The Morgan fingerprint density at radius 2 is 1.79 bits per heavy atom. The molecule has 0 N–H and O–H groups in total. The van der Waals surface area contributed by atoms with Gasteiger partial charge in [0, 0.05) is 4.47 Å². The van der Waals surface area contributed by atoms with Gasteiger partial charge in [-0.15, -0.1) is 0 Å². The Bertz CT molecular complexity index is 356. The molecule has 0 aromatic heterocycles. The quantitative estimate of drug-likeness (QED) is 0.589. The maximum absolute atomic E-state index is 4.65. The van der Waals surface area contributed by atoms with Gasteiger partial charge >= 0.3 is 0 Å². The van der Waals surface area contributed by atoms with E-state index in [1.807, 2.05) is 0 Å². The van der Waals surface area contributed by atoms with Crippen LogP contribution in [0.5, 0.6) is 0 Å². The number of benzene rings is 1. The normalized spacial score (nSPS) is 9.64. The van der Waals surface area contributed by atoms with Crippen LogP contribution in [0, 0.1) is 0 Å². The smallest absolute Gasteiger partial charge is 0.0804 e. The Hall–Kier alpha value is -0.500. The first-order chi connectivity index (χ1) is 6.72. The van der Waals surface area contributed by atoms with E-state index in [0.717, 1.165) is 23.0 Å².